The first kappa shape index (κ1) is 12.3. The molecule has 0 unspecified atom stereocenters. The highest BCUT2D eigenvalue weighted by Gasteiger charge is 2.48. The van der Waals surface area contributed by atoms with E-state index in [1.54, 1.807) is 0 Å². The maximum Gasteiger partial charge on any atom is 0.306 e. The summed E-state index contributed by atoms with van der Waals surface area (Å²) < 4.78 is 15.8. The minimum atomic E-state index is -0.652. The molecule has 0 spiro atoms. The van der Waals surface area contributed by atoms with Gasteiger partial charge in [0.1, 0.15) is 18.3 Å². The lowest BCUT2D eigenvalue weighted by Gasteiger charge is -2.16. The normalized spacial score (nSPS) is 35.6. The molecule has 0 bridgehead atoms. The first-order valence-electron chi connectivity index (χ1n) is 5.55. The Morgan fingerprint density at radius 1 is 1.29 bits per heavy atom. The van der Waals surface area contributed by atoms with Gasteiger partial charge in [0.25, 0.3) is 0 Å². The van der Waals surface area contributed by atoms with Crippen molar-refractivity contribution in [1.29, 1.82) is 0 Å². The Bertz CT molecular complexity index is 315. The molecule has 17 heavy (non-hydrogen) atoms. The molecule has 2 N–H and O–H groups in total. The number of hydrogen-bond donors (Lipinski definition) is 2. The molecule has 0 aromatic heterocycles. The standard InChI is InChI=1S/C11H16O6/c1-6(12)2-3-9(14)17-8-5-16-10-7(13)4-15-11(8)10/h7-8,10-13H,1-5H2/t7-,8+,10-,11-/m1/s1. The summed E-state index contributed by atoms with van der Waals surface area (Å²) >= 11 is 0. The maximum absolute atomic E-state index is 11.4. The molecule has 2 aliphatic heterocycles. The molecule has 0 radical (unpaired) electrons. The molecule has 2 fully saturated rings. The number of fused-ring (bicyclic) bond motifs is 1. The first-order chi connectivity index (χ1) is 8.08. The van der Waals surface area contributed by atoms with E-state index in [2.05, 4.69) is 6.58 Å². The van der Waals surface area contributed by atoms with Crippen LogP contribution in [0.25, 0.3) is 0 Å². The van der Waals surface area contributed by atoms with Crippen molar-refractivity contribution in [2.45, 2.75) is 37.3 Å². The van der Waals surface area contributed by atoms with E-state index in [4.69, 9.17) is 19.3 Å². The lowest BCUT2D eigenvalue weighted by Crippen LogP contribution is -2.34. The molecule has 6 nitrogen and oxygen atoms in total. The lowest BCUT2D eigenvalue weighted by molar-refractivity contribution is -0.153. The van der Waals surface area contributed by atoms with Crippen LogP contribution in [0.1, 0.15) is 12.8 Å². The first-order valence-corrected chi connectivity index (χ1v) is 5.55. The summed E-state index contributed by atoms with van der Waals surface area (Å²) in [6.07, 6.45) is -1.65. The molecule has 6 heteroatoms. The molecule has 4 atom stereocenters. The molecular formula is C11H16O6. The van der Waals surface area contributed by atoms with E-state index in [0.29, 0.717) is 0 Å². The Labute approximate surface area is 98.8 Å². The minimum Gasteiger partial charge on any atom is -0.513 e. The summed E-state index contributed by atoms with van der Waals surface area (Å²) in [6, 6.07) is 0. The Morgan fingerprint density at radius 2 is 2.00 bits per heavy atom. The van der Waals surface area contributed by atoms with Gasteiger partial charge in [-0.2, -0.15) is 0 Å². The fourth-order valence-electron chi connectivity index (χ4n) is 2.02. The average molecular weight is 244 g/mol. The van der Waals surface area contributed by atoms with Crippen LogP contribution in [-0.4, -0.2) is 53.8 Å². The number of aliphatic hydroxyl groups excluding tert-OH is 2. The summed E-state index contributed by atoms with van der Waals surface area (Å²) in [5.74, 6) is -0.477. The van der Waals surface area contributed by atoms with Crippen LogP contribution in [0.4, 0.5) is 0 Å². The van der Waals surface area contributed by atoms with Crippen molar-refractivity contribution < 1.29 is 29.2 Å². The van der Waals surface area contributed by atoms with Crippen molar-refractivity contribution in [1.82, 2.24) is 0 Å². The predicted octanol–water partition coefficient (Wildman–Crippen LogP) is -0.0914. The number of esters is 1. The van der Waals surface area contributed by atoms with Gasteiger partial charge in [0.15, 0.2) is 6.10 Å². The minimum absolute atomic E-state index is 0.0463. The number of aliphatic hydroxyl groups is 2. The van der Waals surface area contributed by atoms with Gasteiger partial charge in [-0.25, -0.2) is 0 Å². The Balaban J connectivity index is 1.80. The third-order valence-electron chi connectivity index (χ3n) is 2.88. The fraction of sp³-hybridized carbons (Fsp3) is 0.727. The van der Waals surface area contributed by atoms with Gasteiger partial charge in [0.05, 0.1) is 25.4 Å². The van der Waals surface area contributed by atoms with Gasteiger partial charge in [0.2, 0.25) is 0 Å². The van der Waals surface area contributed by atoms with E-state index >= 15 is 0 Å². The Hall–Kier alpha value is -1.11. The van der Waals surface area contributed by atoms with Crippen LogP contribution in [0.5, 0.6) is 0 Å². The second-order valence-corrected chi connectivity index (χ2v) is 4.26. The van der Waals surface area contributed by atoms with Crippen molar-refractivity contribution in [2.75, 3.05) is 13.2 Å². The SMILES string of the molecule is C=C(O)CCC(=O)O[C@H]1CO[C@H]2[C@@H]1OC[C@H]2O. The Kier molecular flexibility index (Phi) is 3.66. The fourth-order valence-corrected chi connectivity index (χ4v) is 2.02. The van der Waals surface area contributed by atoms with E-state index in [-0.39, 0.29) is 37.9 Å². The second kappa shape index (κ2) is 5.03. The molecule has 0 aromatic carbocycles. The number of ether oxygens (including phenoxy) is 3. The van der Waals surface area contributed by atoms with Crippen LogP contribution in [0.2, 0.25) is 0 Å². The van der Waals surface area contributed by atoms with Crippen LogP contribution >= 0.6 is 0 Å². The maximum atomic E-state index is 11.4. The van der Waals surface area contributed by atoms with Gasteiger partial charge in [-0.1, -0.05) is 6.58 Å². The lowest BCUT2D eigenvalue weighted by atomic mass is 10.1. The summed E-state index contributed by atoms with van der Waals surface area (Å²) in [5, 5.41) is 18.4. The van der Waals surface area contributed by atoms with Gasteiger partial charge >= 0.3 is 5.97 Å². The molecule has 0 aromatic rings. The molecular weight excluding hydrogens is 228 g/mol. The topological polar surface area (TPSA) is 85.2 Å². The molecule has 2 heterocycles. The highest BCUT2D eigenvalue weighted by Crippen LogP contribution is 2.29. The summed E-state index contributed by atoms with van der Waals surface area (Å²) in [4.78, 5) is 11.4. The third kappa shape index (κ3) is 2.77. The highest BCUT2D eigenvalue weighted by molar-refractivity contribution is 5.69. The van der Waals surface area contributed by atoms with Crippen LogP contribution in [0.15, 0.2) is 12.3 Å². The summed E-state index contributed by atoms with van der Waals surface area (Å²) in [7, 11) is 0. The quantitative estimate of drug-likeness (QED) is 0.531. The van der Waals surface area contributed by atoms with Gasteiger partial charge < -0.3 is 24.4 Å². The van der Waals surface area contributed by atoms with E-state index in [0.717, 1.165) is 0 Å². The van der Waals surface area contributed by atoms with Gasteiger partial charge in [-0.05, 0) is 0 Å². The zero-order chi connectivity index (χ0) is 12.4. The molecule has 2 saturated heterocycles. The second-order valence-electron chi connectivity index (χ2n) is 4.26. The van der Waals surface area contributed by atoms with Crippen molar-refractivity contribution >= 4 is 5.97 Å². The number of allylic oxidation sites excluding steroid dienone is 1. The van der Waals surface area contributed by atoms with E-state index in [1.165, 1.54) is 0 Å². The van der Waals surface area contributed by atoms with Gasteiger partial charge in [-0.15, -0.1) is 0 Å². The van der Waals surface area contributed by atoms with Crippen LogP contribution in [-0.2, 0) is 19.0 Å². The number of carbonyl (C=O) groups is 1. The molecule has 2 aliphatic rings. The van der Waals surface area contributed by atoms with Gasteiger partial charge in [0, 0.05) is 6.42 Å². The third-order valence-corrected chi connectivity index (χ3v) is 2.88. The molecule has 0 saturated carbocycles. The molecule has 2 rings (SSSR count). The summed E-state index contributed by atoms with van der Waals surface area (Å²) in [5.41, 5.74) is 0. The molecule has 0 amide bonds. The highest BCUT2D eigenvalue weighted by atomic mass is 16.6. The summed E-state index contributed by atoms with van der Waals surface area (Å²) in [6.45, 7) is 3.73. The largest absolute Gasteiger partial charge is 0.513 e. The van der Waals surface area contributed by atoms with Gasteiger partial charge in [-0.3, -0.25) is 4.79 Å². The van der Waals surface area contributed by atoms with E-state index in [1.807, 2.05) is 0 Å². The zero-order valence-electron chi connectivity index (χ0n) is 9.37. The predicted molar refractivity (Wildman–Crippen MR) is 56.4 cm³/mol. The zero-order valence-corrected chi connectivity index (χ0v) is 9.37. The van der Waals surface area contributed by atoms with Crippen molar-refractivity contribution in [3.63, 3.8) is 0 Å². The van der Waals surface area contributed by atoms with E-state index < -0.39 is 24.3 Å². The Morgan fingerprint density at radius 3 is 2.71 bits per heavy atom. The van der Waals surface area contributed by atoms with E-state index in [9.17, 15) is 9.90 Å². The number of hydrogen-bond acceptors (Lipinski definition) is 6. The molecule has 96 valence electrons. The average Bonchev–Trinajstić information content (AvgIpc) is 2.81. The monoisotopic (exact) mass is 244 g/mol. The van der Waals surface area contributed by atoms with Crippen molar-refractivity contribution in [2.24, 2.45) is 0 Å². The van der Waals surface area contributed by atoms with Crippen LogP contribution in [0, 0.1) is 0 Å². The van der Waals surface area contributed by atoms with Crippen LogP contribution in [0.3, 0.4) is 0 Å². The smallest absolute Gasteiger partial charge is 0.306 e. The van der Waals surface area contributed by atoms with Crippen LogP contribution < -0.4 is 0 Å². The number of rotatable bonds is 4. The van der Waals surface area contributed by atoms with Crippen molar-refractivity contribution in [3.05, 3.63) is 12.3 Å². The molecule has 0 aliphatic carbocycles. The number of carbonyl (C=O) groups excluding carboxylic acids is 1. The van der Waals surface area contributed by atoms with Crippen molar-refractivity contribution in [3.8, 4) is 0 Å².